The second kappa shape index (κ2) is 5.17. The zero-order chi connectivity index (χ0) is 12.4. The maximum atomic E-state index is 6.01. The van der Waals surface area contributed by atoms with Crippen molar-refractivity contribution in [2.45, 2.75) is 25.3 Å². The minimum atomic E-state index is 0.465. The van der Waals surface area contributed by atoms with Crippen LogP contribution in [0.2, 0.25) is 5.02 Å². The first kappa shape index (κ1) is 11.8. The fourth-order valence-electron chi connectivity index (χ4n) is 2.62. The van der Waals surface area contributed by atoms with E-state index < -0.39 is 0 Å². The fourth-order valence-corrected chi connectivity index (χ4v) is 2.82. The molecule has 2 aromatic rings. The van der Waals surface area contributed by atoms with E-state index in [-0.39, 0.29) is 0 Å². The Morgan fingerprint density at radius 1 is 1.33 bits per heavy atom. The molecule has 0 saturated carbocycles. The topological polar surface area (TPSA) is 25.2 Å². The predicted octanol–water partition coefficient (Wildman–Crippen LogP) is 3.75. The molecule has 0 spiro atoms. The summed E-state index contributed by atoms with van der Waals surface area (Å²) >= 11 is 6.01. The number of fused-ring (bicyclic) bond motifs is 1. The average molecular weight is 262 g/mol. The Morgan fingerprint density at radius 3 is 3.11 bits per heavy atom. The minimum absolute atomic E-state index is 0.465. The molecule has 0 aliphatic heterocycles. The fraction of sp³-hybridized carbons (Fsp3) is 0.333. The predicted molar refractivity (Wildman–Crippen MR) is 72.9 cm³/mol. The van der Waals surface area contributed by atoms with E-state index in [0.29, 0.717) is 6.04 Å². The quantitative estimate of drug-likeness (QED) is 0.907. The van der Waals surface area contributed by atoms with Gasteiger partial charge in [0.25, 0.3) is 0 Å². The Bertz CT molecular complexity index is 521. The number of hydrogen-bond donors (Lipinski definition) is 1. The zero-order valence-electron chi connectivity index (χ0n) is 10.2. The molecule has 94 valence electrons. The van der Waals surface area contributed by atoms with E-state index in [9.17, 15) is 0 Å². The summed E-state index contributed by atoms with van der Waals surface area (Å²) in [5.74, 6) is 1.04. The summed E-state index contributed by atoms with van der Waals surface area (Å²) in [6, 6.07) is 10.6. The number of nitrogens with one attached hydrogen (secondary N) is 1. The molecule has 0 bridgehead atoms. The second-order valence-corrected chi connectivity index (χ2v) is 5.15. The van der Waals surface area contributed by atoms with Crippen LogP contribution in [0.5, 0.6) is 0 Å². The van der Waals surface area contributed by atoms with Crippen molar-refractivity contribution in [3.8, 4) is 0 Å². The molecule has 18 heavy (non-hydrogen) atoms. The van der Waals surface area contributed by atoms with Gasteiger partial charge in [0.05, 0.1) is 6.26 Å². The van der Waals surface area contributed by atoms with Gasteiger partial charge in [-0.05, 0) is 48.2 Å². The van der Waals surface area contributed by atoms with Gasteiger partial charge in [0.15, 0.2) is 0 Å². The van der Waals surface area contributed by atoms with E-state index in [2.05, 4.69) is 17.4 Å². The number of furan rings is 1. The summed E-state index contributed by atoms with van der Waals surface area (Å²) in [6.07, 6.45) is 4.94. The lowest BCUT2D eigenvalue weighted by Gasteiger charge is -2.13. The first-order chi connectivity index (χ1) is 8.83. The number of halogens is 1. The summed E-state index contributed by atoms with van der Waals surface area (Å²) in [5, 5.41) is 4.43. The maximum Gasteiger partial charge on any atom is 0.105 e. The van der Waals surface area contributed by atoms with E-state index in [0.717, 1.165) is 36.6 Å². The van der Waals surface area contributed by atoms with Crippen LogP contribution in [0.1, 0.15) is 29.3 Å². The van der Waals surface area contributed by atoms with E-state index in [1.807, 2.05) is 18.2 Å². The normalized spacial score (nSPS) is 17.9. The first-order valence-electron chi connectivity index (χ1n) is 6.37. The summed E-state index contributed by atoms with van der Waals surface area (Å²) in [6.45, 7) is 0.945. The molecular weight excluding hydrogens is 246 g/mol. The highest BCUT2D eigenvalue weighted by Crippen LogP contribution is 2.32. The molecule has 0 amide bonds. The number of rotatable bonds is 4. The third-order valence-corrected chi connectivity index (χ3v) is 3.76. The zero-order valence-corrected chi connectivity index (χ0v) is 10.9. The molecule has 1 aliphatic carbocycles. The largest absolute Gasteiger partial charge is 0.469 e. The van der Waals surface area contributed by atoms with Crippen LogP contribution in [0.4, 0.5) is 0 Å². The Kier molecular flexibility index (Phi) is 3.39. The van der Waals surface area contributed by atoms with Gasteiger partial charge in [-0.2, -0.15) is 0 Å². The maximum absolute atomic E-state index is 6.01. The molecule has 3 rings (SSSR count). The van der Waals surface area contributed by atoms with E-state index in [4.69, 9.17) is 16.0 Å². The average Bonchev–Trinajstić information content (AvgIpc) is 2.99. The monoisotopic (exact) mass is 261 g/mol. The Morgan fingerprint density at radius 2 is 2.28 bits per heavy atom. The molecule has 1 heterocycles. The number of aryl methyl sites for hydroxylation is 1. The Balaban J connectivity index is 1.59. The summed E-state index contributed by atoms with van der Waals surface area (Å²) in [4.78, 5) is 0. The van der Waals surface area contributed by atoms with Crippen LogP contribution in [0.3, 0.4) is 0 Å². The summed E-state index contributed by atoms with van der Waals surface area (Å²) in [5.41, 5.74) is 2.79. The van der Waals surface area contributed by atoms with Crippen molar-refractivity contribution in [1.82, 2.24) is 5.32 Å². The molecule has 1 N–H and O–H groups in total. The van der Waals surface area contributed by atoms with Crippen molar-refractivity contribution < 1.29 is 4.42 Å². The van der Waals surface area contributed by atoms with Gasteiger partial charge in [0.2, 0.25) is 0 Å². The van der Waals surface area contributed by atoms with Gasteiger partial charge >= 0.3 is 0 Å². The molecule has 2 nitrogen and oxygen atoms in total. The van der Waals surface area contributed by atoms with E-state index in [1.54, 1.807) is 6.26 Å². The van der Waals surface area contributed by atoms with Crippen molar-refractivity contribution in [1.29, 1.82) is 0 Å². The second-order valence-electron chi connectivity index (χ2n) is 4.72. The van der Waals surface area contributed by atoms with Crippen molar-refractivity contribution in [3.05, 3.63) is 58.5 Å². The summed E-state index contributed by atoms with van der Waals surface area (Å²) < 4.78 is 5.33. The van der Waals surface area contributed by atoms with Crippen LogP contribution in [0, 0.1) is 0 Å². The molecule has 0 fully saturated rings. The number of hydrogen-bond acceptors (Lipinski definition) is 2. The minimum Gasteiger partial charge on any atom is -0.469 e. The van der Waals surface area contributed by atoms with Crippen LogP contribution in [-0.2, 0) is 12.8 Å². The van der Waals surface area contributed by atoms with Gasteiger partial charge in [-0.3, -0.25) is 0 Å². The van der Waals surface area contributed by atoms with Crippen molar-refractivity contribution >= 4 is 11.6 Å². The van der Waals surface area contributed by atoms with Gasteiger partial charge in [-0.15, -0.1) is 0 Å². The molecule has 3 heteroatoms. The number of benzene rings is 1. The van der Waals surface area contributed by atoms with Crippen molar-refractivity contribution in [2.24, 2.45) is 0 Å². The standard InChI is InChI=1S/C15H16ClNO/c16-12-4-5-14-11(10-12)3-6-15(14)17-8-7-13-2-1-9-18-13/h1-2,4-5,9-10,15,17H,3,6-8H2. The lowest BCUT2D eigenvalue weighted by Crippen LogP contribution is -2.21. The van der Waals surface area contributed by atoms with E-state index >= 15 is 0 Å². The molecule has 1 aliphatic rings. The van der Waals surface area contributed by atoms with Gasteiger partial charge in [0, 0.05) is 24.0 Å². The highest BCUT2D eigenvalue weighted by atomic mass is 35.5. The van der Waals surface area contributed by atoms with Crippen molar-refractivity contribution in [3.63, 3.8) is 0 Å². The van der Waals surface area contributed by atoms with Gasteiger partial charge in [-0.1, -0.05) is 17.7 Å². The first-order valence-corrected chi connectivity index (χ1v) is 6.75. The summed E-state index contributed by atoms with van der Waals surface area (Å²) in [7, 11) is 0. The lowest BCUT2D eigenvalue weighted by atomic mass is 10.1. The van der Waals surface area contributed by atoms with Crippen LogP contribution >= 0.6 is 11.6 Å². The Labute approximate surface area is 112 Å². The molecule has 0 saturated heterocycles. The molecule has 1 atom stereocenters. The van der Waals surface area contributed by atoms with E-state index in [1.165, 1.54) is 11.1 Å². The van der Waals surface area contributed by atoms with Gasteiger partial charge in [-0.25, -0.2) is 0 Å². The highest BCUT2D eigenvalue weighted by molar-refractivity contribution is 6.30. The molecule has 1 unspecified atom stereocenters. The lowest BCUT2D eigenvalue weighted by molar-refractivity contribution is 0.476. The van der Waals surface area contributed by atoms with Gasteiger partial charge in [0.1, 0.15) is 5.76 Å². The third-order valence-electron chi connectivity index (χ3n) is 3.53. The van der Waals surface area contributed by atoms with Crippen LogP contribution in [-0.4, -0.2) is 6.54 Å². The third kappa shape index (κ3) is 2.45. The molecular formula is C15H16ClNO. The van der Waals surface area contributed by atoms with Crippen LogP contribution in [0.15, 0.2) is 41.0 Å². The SMILES string of the molecule is Clc1ccc2c(c1)CCC2NCCc1ccco1. The molecule has 0 radical (unpaired) electrons. The Hall–Kier alpha value is -1.25. The smallest absolute Gasteiger partial charge is 0.105 e. The van der Waals surface area contributed by atoms with Gasteiger partial charge < -0.3 is 9.73 Å². The van der Waals surface area contributed by atoms with Crippen LogP contribution in [0.25, 0.3) is 0 Å². The van der Waals surface area contributed by atoms with Crippen LogP contribution < -0.4 is 5.32 Å². The van der Waals surface area contributed by atoms with Crippen molar-refractivity contribution in [2.75, 3.05) is 6.54 Å². The highest BCUT2D eigenvalue weighted by Gasteiger charge is 2.21. The molecule has 1 aromatic heterocycles. The molecule has 1 aromatic carbocycles.